The molecule has 8 heavy (non-hydrogen) atoms. The second-order valence-electron chi connectivity index (χ2n) is 3.01. The molecule has 0 saturated carbocycles. The van der Waals surface area contributed by atoms with E-state index >= 15 is 0 Å². The molecule has 0 aliphatic rings. The Bertz CT molecular complexity index is 47.0. The van der Waals surface area contributed by atoms with E-state index in [0.717, 1.165) is 0 Å². The minimum atomic E-state index is -0.416. The van der Waals surface area contributed by atoms with Crippen LogP contribution in [-0.2, 0) is 0 Å². The fourth-order valence-electron chi connectivity index (χ4n) is 0.671. The molecule has 0 atom stereocenters. The normalized spacial score (nSPS) is 10.5. The van der Waals surface area contributed by atoms with Gasteiger partial charge in [0, 0.05) is 27.3 Å². The topological polar surface area (TPSA) is 30.0 Å². The second-order valence-corrected chi connectivity index (χ2v) is 8.04. The summed E-state index contributed by atoms with van der Waals surface area (Å²) in [6, 6.07) is 0. The first-order valence-corrected chi connectivity index (χ1v) is 6.18. The summed E-state index contributed by atoms with van der Waals surface area (Å²) in [6.07, 6.45) is 2.81. The van der Waals surface area contributed by atoms with Gasteiger partial charge in [-0.1, -0.05) is 6.92 Å². The van der Waals surface area contributed by atoms with Gasteiger partial charge in [0.05, 0.1) is 6.16 Å². The zero-order chi connectivity index (χ0) is 5.91. The Morgan fingerprint density at radius 2 is 1.50 bits per heavy atom. The fourth-order valence-corrected chi connectivity index (χ4v) is 2.01. The van der Waals surface area contributed by atoms with Gasteiger partial charge in [0.2, 0.25) is 0 Å². The van der Waals surface area contributed by atoms with E-state index in [-0.39, 0.29) is 5.48 Å². The van der Waals surface area contributed by atoms with E-state index in [9.17, 15) is 0 Å². The molecule has 0 fully saturated rings. The lowest BCUT2D eigenvalue weighted by atomic mass is 10.6. The molecule has 0 amide bonds. The third-order valence-corrected chi connectivity index (χ3v) is 2.68. The number of hydrogen-bond acceptors (Lipinski definition) is 1. The highest BCUT2D eigenvalue weighted by Gasteiger charge is 2.13. The molecule has 0 aliphatic carbocycles. The summed E-state index contributed by atoms with van der Waals surface area (Å²) < 4.78 is 0. The largest absolute Gasteiger partial charge is 0.870 e. The van der Waals surface area contributed by atoms with Crippen LogP contribution in [0, 0.1) is 0 Å². The molecule has 1 nitrogen and oxygen atoms in total. The summed E-state index contributed by atoms with van der Waals surface area (Å²) >= 11 is 0. The molecule has 0 spiro atoms. The molecule has 0 aromatic carbocycles. The highest BCUT2D eigenvalue weighted by molar-refractivity contribution is 7.73. The van der Waals surface area contributed by atoms with Gasteiger partial charge in [0.25, 0.3) is 0 Å². The van der Waals surface area contributed by atoms with Crippen LogP contribution in [0.5, 0.6) is 0 Å². The van der Waals surface area contributed by atoms with Crippen molar-refractivity contribution in [1.29, 1.82) is 0 Å². The smallest absolute Gasteiger partial charge is 0.0583 e. The fraction of sp³-hybridized carbons (Fsp3) is 1.00. The van der Waals surface area contributed by atoms with Crippen molar-refractivity contribution in [3.05, 3.63) is 0 Å². The van der Waals surface area contributed by atoms with Gasteiger partial charge in [0.15, 0.2) is 0 Å². The summed E-state index contributed by atoms with van der Waals surface area (Å²) in [7, 11) is -0.416. The molecule has 0 aromatic heterocycles. The van der Waals surface area contributed by atoms with Crippen LogP contribution in [0.15, 0.2) is 0 Å². The molecule has 1 N–H and O–H groups in total. The molecule has 0 bridgehead atoms. The molecule has 2 heteroatoms. The molecule has 0 heterocycles. The first-order valence-electron chi connectivity index (χ1n) is 2.86. The minimum Gasteiger partial charge on any atom is -0.870 e. The Hall–Kier alpha value is 0.390. The lowest BCUT2D eigenvalue weighted by Crippen LogP contribution is -1.89. The lowest BCUT2D eigenvalue weighted by molar-refractivity contribution is 0.824. The Morgan fingerprint density at radius 3 is 1.50 bits per heavy atom. The average molecular weight is 136 g/mol. The molecular formula is C6H17OP. The summed E-state index contributed by atoms with van der Waals surface area (Å²) in [6.45, 7) is 9.41. The minimum absolute atomic E-state index is 0. The highest BCUT2D eigenvalue weighted by Crippen LogP contribution is 2.46. The van der Waals surface area contributed by atoms with Crippen molar-refractivity contribution < 1.29 is 5.48 Å². The standard InChI is InChI=1S/C6H16P.H2O/c1-5-6-7(2,3)4;/h5-6H2,1-4H3;1H2/q+1;/p-1. The molecule has 0 aliphatic heterocycles. The van der Waals surface area contributed by atoms with Crippen molar-refractivity contribution in [3.8, 4) is 0 Å². The number of hydrogen-bond donors (Lipinski definition) is 0. The average Bonchev–Trinajstić information content (AvgIpc) is 1.30. The van der Waals surface area contributed by atoms with Gasteiger partial charge in [-0.25, -0.2) is 0 Å². The maximum atomic E-state index is 2.39. The highest BCUT2D eigenvalue weighted by atomic mass is 31.2. The van der Waals surface area contributed by atoms with E-state index in [4.69, 9.17) is 0 Å². The van der Waals surface area contributed by atoms with Crippen molar-refractivity contribution in [2.75, 3.05) is 26.2 Å². The van der Waals surface area contributed by atoms with E-state index in [1.165, 1.54) is 12.6 Å². The van der Waals surface area contributed by atoms with Gasteiger partial charge in [0.1, 0.15) is 0 Å². The van der Waals surface area contributed by atoms with Crippen molar-refractivity contribution in [1.82, 2.24) is 0 Å². The Morgan fingerprint density at radius 1 is 1.12 bits per heavy atom. The summed E-state index contributed by atoms with van der Waals surface area (Å²) in [4.78, 5) is 0. The summed E-state index contributed by atoms with van der Waals surface area (Å²) in [5.74, 6) is 0. The van der Waals surface area contributed by atoms with Gasteiger partial charge < -0.3 is 5.48 Å². The first-order chi connectivity index (χ1) is 3.06. The summed E-state index contributed by atoms with van der Waals surface area (Å²) in [5, 5.41) is 0. The zero-order valence-corrected chi connectivity index (χ0v) is 7.20. The van der Waals surface area contributed by atoms with Crippen molar-refractivity contribution >= 4 is 7.26 Å². The summed E-state index contributed by atoms with van der Waals surface area (Å²) in [5.41, 5.74) is 0. The van der Waals surface area contributed by atoms with Crippen LogP contribution in [-0.4, -0.2) is 31.6 Å². The van der Waals surface area contributed by atoms with Crippen LogP contribution >= 0.6 is 7.26 Å². The monoisotopic (exact) mass is 136 g/mol. The molecule has 0 saturated heterocycles. The van der Waals surface area contributed by atoms with Gasteiger partial charge >= 0.3 is 0 Å². The lowest BCUT2D eigenvalue weighted by Gasteiger charge is -2.08. The van der Waals surface area contributed by atoms with Crippen molar-refractivity contribution in [2.45, 2.75) is 13.3 Å². The number of rotatable bonds is 2. The van der Waals surface area contributed by atoms with E-state index < -0.39 is 7.26 Å². The van der Waals surface area contributed by atoms with Gasteiger partial charge in [-0.05, 0) is 6.42 Å². The van der Waals surface area contributed by atoms with Gasteiger partial charge in [-0.15, -0.1) is 0 Å². The Labute approximate surface area is 53.1 Å². The van der Waals surface area contributed by atoms with Crippen LogP contribution in [0.3, 0.4) is 0 Å². The first kappa shape index (κ1) is 11.2. The predicted molar refractivity (Wildman–Crippen MR) is 41.8 cm³/mol. The van der Waals surface area contributed by atoms with Gasteiger partial charge in [-0.2, -0.15) is 0 Å². The van der Waals surface area contributed by atoms with E-state index in [1.807, 2.05) is 0 Å². The SMILES string of the molecule is CCC[P+](C)(C)C.[OH-]. The molecule has 52 valence electrons. The Balaban J connectivity index is 0. The molecule has 0 unspecified atom stereocenters. The van der Waals surface area contributed by atoms with Crippen LogP contribution in [0.4, 0.5) is 0 Å². The van der Waals surface area contributed by atoms with E-state index in [0.29, 0.717) is 0 Å². The quantitative estimate of drug-likeness (QED) is 0.535. The van der Waals surface area contributed by atoms with Crippen LogP contribution in [0.1, 0.15) is 13.3 Å². The van der Waals surface area contributed by atoms with Gasteiger partial charge in [-0.3, -0.25) is 0 Å². The van der Waals surface area contributed by atoms with Crippen LogP contribution < -0.4 is 0 Å². The van der Waals surface area contributed by atoms with E-state index in [1.54, 1.807) is 0 Å². The zero-order valence-electron chi connectivity index (χ0n) is 6.31. The van der Waals surface area contributed by atoms with Crippen LogP contribution in [0.25, 0.3) is 0 Å². The molecule has 0 radical (unpaired) electrons. The molecule has 0 aromatic rings. The second kappa shape index (κ2) is 4.29. The van der Waals surface area contributed by atoms with Crippen molar-refractivity contribution in [3.63, 3.8) is 0 Å². The molecular weight excluding hydrogens is 119 g/mol. The third-order valence-electron chi connectivity index (χ3n) is 0.894. The maximum Gasteiger partial charge on any atom is 0.0583 e. The Kier molecular flexibility index (Phi) is 6.01. The molecule has 0 rings (SSSR count). The van der Waals surface area contributed by atoms with E-state index in [2.05, 4.69) is 26.9 Å². The van der Waals surface area contributed by atoms with Crippen LogP contribution in [0.2, 0.25) is 0 Å². The van der Waals surface area contributed by atoms with Crippen molar-refractivity contribution in [2.24, 2.45) is 0 Å². The predicted octanol–water partition coefficient (Wildman–Crippen LogP) is 2.13. The third kappa shape index (κ3) is 9.63. The maximum absolute atomic E-state index is 2.39.